The van der Waals surface area contributed by atoms with Crippen LogP contribution in [0.5, 0.6) is 0 Å². The number of ether oxygens (including phenoxy) is 1. The normalized spacial score (nSPS) is 21.0. The number of rotatable bonds is 5. The van der Waals surface area contributed by atoms with Gasteiger partial charge in [0.2, 0.25) is 0 Å². The Labute approximate surface area is 150 Å². The molecule has 2 saturated carbocycles. The van der Waals surface area contributed by atoms with Crippen LogP contribution in [0.4, 0.5) is 0 Å². The predicted octanol–water partition coefficient (Wildman–Crippen LogP) is 4.87. The van der Waals surface area contributed by atoms with Gasteiger partial charge in [-0.25, -0.2) is 0 Å². The molecule has 0 amide bonds. The van der Waals surface area contributed by atoms with Gasteiger partial charge in [-0.2, -0.15) is 0 Å². The summed E-state index contributed by atoms with van der Waals surface area (Å²) in [6, 6.07) is 0. The summed E-state index contributed by atoms with van der Waals surface area (Å²) >= 11 is 0. The van der Waals surface area contributed by atoms with Crippen molar-refractivity contribution in [3.8, 4) is 12.8 Å². The van der Waals surface area contributed by atoms with E-state index in [0.29, 0.717) is 6.54 Å². The molecule has 0 heterocycles. The molecule has 3 N–H and O–H groups in total. The van der Waals surface area contributed by atoms with E-state index in [1.807, 2.05) is 0 Å². The van der Waals surface area contributed by atoms with Crippen molar-refractivity contribution in [3.05, 3.63) is 0 Å². The molecule has 0 aromatic heterocycles. The summed E-state index contributed by atoms with van der Waals surface area (Å²) in [6.07, 6.45) is 23.1. The second-order valence-electron chi connectivity index (χ2n) is 7.91. The summed E-state index contributed by atoms with van der Waals surface area (Å²) in [6.45, 7) is 6.19. The number of terminal acetylenes is 1. The third-order valence-electron chi connectivity index (χ3n) is 4.93. The standard InChI is InChI=1S/C12H25NO2.C7H14.C2H2/c1-12(2,14)15-11(9-13)8-10-6-4-3-5-7-10;1-7-5-3-2-4-6-7;1-2/h10-11,14H,3-9,13H2,1-2H3;7H,2-6H2,1H3;1-2H/t11-;;/m1../s1. The first kappa shape index (κ1) is 23.4. The Bertz CT molecular complexity index is 297. The van der Waals surface area contributed by atoms with Gasteiger partial charge in [0.1, 0.15) is 0 Å². The van der Waals surface area contributed by atoms with Crippen LogP contribution in [0.15, 0.2) is 0 Å². The zero-order chi connectivity index (χ0) is 18.4. The van der Waals surface area contributed by atoms with Crippen LogP contribution < -0.4 is 5.73 Å². The summed E-state index contributed by atoms with van der Waals surface area (Å²) in [4.78, 5) is 0. The van der Waals surface area contributed by atoms with Crippen LogP contribution in [0.25, 0.3) is 0 Å². The molecule has 0 unspecified atom stereocenters. The van der Waals surface area contributed by atoms with Crippen LogP contribution in [0.3, 0.4) is 0 Å². The van der Waals surface area contributed by atoms with Crippen molar-refractivity contribution >= 4 is 0 Å². The molecule has 0 aromatic rings. The fourth-order valence-electron chi connectivity index (χ4n) is 3.70. The Kier molecular flexibility index (Phi) is 13.4. The monoisotopic (exact) mass is 339 g/mol. The lowest BCUT2D eigenvalue weighted by Crippen LogP contribution is -2.36. The third-order valence-corrected chi connectivity index (χ3v) is 4.93. The van der Waals surface area contributed by atoms with Crippen LogP contribution in [-0.2, 0) is 4.74 Å². The summed E-state index contributed by atoms with van der Waals surface area (Å²) < 4.78 is 5.52. The average Bonchev–Trinajstić information content (AvgIpc) is 2.57. The molecule has 0 bridgehead atoms. The second-order valence-corrected chi connectivity index (χ2v) is 7.91. The van der Waals surface area contributed by atoms with E-state index in [1.165, 1.54) is 64.2 Å². The summed E-state index contributed by atoms with van der Waals surface area (Å²) in [5.41, 5.74) is 5.66. The molecule has 2 rings (SSSR count). The molecule has 0 saturated heterocycles. The maximum Gasteiger partial charge on any atom is 0.160 e. The molecule has 1 atom stereocenters. The van der Waals surface area contributed by atoms with Gasteiger partial charge in [-0.3, -0.25) is 0 Å². The van der Waals surface area contributed by atoms with Gasteiger partial charge in [0.05, 0.1) is 6.10 Å². The maximum absolute atomic E-state index is 9.57. The van der Waals surface area contributed by atoms with Crippen molar-refractivity contribution in [3.63, 3.8) is 0 Å². The topological polar surface area (TPSA) is 55.5 Å². The second kappa shape index (κ2) is 13.7. The van der Waals surface area contributed by atoms with E-state index >= 15 is 0 Å². The lowest BCUT2D eigenvalue weighted by molar-refractivity contribution is -0.206. The molecular formula is C21H41NO2. The van der Waals surface area contributed by atoms with Crippen molar-refractivity contribution in [2.75, 3.05) is 6.54 Å². The molecule has 3 nitrogen and oxygen atoms in total. The van der Waals surface area contributed by atoms with Crippen molar-refractivity contribution in [1.82, 2.24) is 0 Å². The van der Waals surface area contributed by atoms with Gasteiger partial charge >= 0.3 is 0 Å². The Balaban J connectivity index is 0.000000488. The fraction of sp³-hybridized carbons (Fsp3) is 0.905. The van der Waals surface area contributed by atoms with Crippen LogP contribution in [0.2, 0.25) is 0 Å². The smallest absolute Gasteiger partial charge is 0.160 e. The molecule has 0 aromatic carbocycles. The van der Waals surface area contributed by atoms with E-state index in [4.69, 9.17) is 10.5 Å². The van der Waals surface area contributed by atoms with Crippen LogP contribution in [-0.4, -0.2) is 23.5 Å². The summed E-state index contributed by atoms with van der Waals surface area (Å²) in [5, 5.41) is 9.57. The minimum absolute atomic E-state index is 0.00750. The highest BCUT2D eigenvalue weighted by atomic mass is 16.6. The Morgan fingerprint density at radius 1 is 1.00 bits per heavy atom. The molecular weight excluding hydrogens is 298 g/mol. The van der Waals surface area contributed by atoms with Crippen LogP contribution in [0, 0.1) is 24.7 Å². The molecule has 2 aliphatic carbocycles. The third kappa shape index (κ3) is 12.8. The molecule has 0 aliphatic heterocycles. The lowest BCUT2D eigenvalue weighted by Gasteiger charge is -2.30. The van der Waals surface area contributed by atoms with E-state index in [-0.39, 0.29) is 6.10 Å². The number of hydrogen-bond donors (Lipinski definition) is 2. The summed E-state index contributed by atoms with van der Waals surface area (Å²) in [5.74, 6) is 0.724. The molecule has 2 fully saturated rings. The quantitative estimate of drug-likeness (QED) is 0.555. The van der Waals surface area contributed by atoms with Crippen molar-refractivity contribution in [2.45, 2.75) is 103 Å². The average molecular weight is 340 g/mol. The highest BCUT2D eigenvalue weighted by molar-refractivity contribution is 4.72. The zero-order valence-electron chi connectivity index (χ0n) is 16.3. The van der Waals surface area contributed by atoms with Crippen molar-refractivity contribution < 1.29 is 9.84 Å². The lowest BCUT2D eigenvalue weighted by atomic mass is 9.85. The van der Waals surface area contributed by atoms with Crippen molar-refractivity contribution in [2.24, 2.45) is 17.6 Å². The molecule has 2 aliphatic rings. The molecule has 24 heavy (non-hydrogen) atoms. The highest BCUT2D eigenvalue weighted by Crippen LogP contribution is 2.28. The first-order valence-corrected chi connectivity index (χ1v) is 9.84. The largest absolute Gasteiger partial charge is 0.366 e. The molecule has 0 radical (unpaired) electrons. The van der Waals surface area contributed by atoms with Gasteiger partial charge < -0.3 is 15.6 Å². The molecule has 142 valence electrons. The summed E-state index contributed by atoms with van der Waals surface area (Å²) in [7, 11) is 0. The van der Waals surface area contributed by atoms with Gasteiger partial charge in [-0.1, -0.05) is 71.1 Å². The van der Waals surface area contributed by atoms with Gasteiger partial charge in [0, 0.05) is 6.54 Å². The van der Waals surface area contributed by atoms with Gasteiger partial charge in [0.25, 0.3) is 0 Å². The van der Waals surface area contributed by atoms with E-state index in [9.17, 15) is 5.11 Å². The Morgan fingerprint density at radius 2 is 1.46 bits per heavy atom. The minimum atomic E-state index is -1.06. The fourth-order valence-corrected chi connectivity index (χ4v) is 3.70. The van der Waals surface area contributed by atoms with Crippen LogP contribution in [0.1, 0.15) is 91.4 Å². The first-order valence-electron chi connectivity index (χ1n) is 9.84. The predicted molar refractivity (Wildman–Crippen MR) is 104 cm³/mol. The molecule has 0 spiro atoms. The molecule has 3 heteroatoms. The van der Waals surface area contributed by atoms with Gasteiger partial charge in [-0.05, 0) is 32.1 Å². The highest BCUT2D eigenvalue weighted by Gasteiger charge is 2.23. The van der Waals surface area contributed by atoms with Gasteiger partial charge in [0.15, 0.2) is 5.79 Å². The number of nitrogens with two attached hydrogens (primary N) is 1. The van der Waals surface area contributed by atoms with Crippen molar-refractivity contribution in [1.29, 1.82) is 0 Å². The van der Waals surface area contributed by atoms with E-state index in [1.54, 1.807) is 13.8 Å². The number of aliphatic hydroxyl groups is 1. The van der Waals surface area contributed by atoms with E-state index < -0.39 is 5.79 Å². The number of hydrogen-bond acceptors (Lipinski definition) is 3. The first-order chi connectivity index (χ1) is 11.4. The van der Waals surface area contributed by atoms with E-state index in [0.717, 1.165) is 18.3 Å². The van der Waals surface area contributed by atoms with Gasteiger partial charge in [-0.15, -0.1) is 12.8 Å². The maximum atomic E-state index is 9.57. The Morgan fingerprint density at radius 3 is 1.79 bits per heavy atom. The Hall–Kier alpha value is -0.560. The van der Waals surface area contributed by atoms with E-state index in [2.05, 4.69) is 19.8 Å². The van der Waals surface area contributed by atoms with Crippen LogP contribution >= 0.6 is 0 Å². The zero-order valence-corrected chi connectivity index (χ0v) is 16.3. The minimum Gasteiger partial charge on any atom is -0.366 e. The SMILES string of the molecule is C#C.CC(C)(O)O[C@@H](CN)CC1CCCCC1.CC1CCCCC1.